The van der Waals surface area contributed by atoms with Crippen LogP contribution in [-0.2, 0) is 0 Å². The van der Waals surface area contributed by atoms with Crippen molar-refractivity contribution in [2.75, 3.05) is 19.4 Å². The number of carbonyl (C=O) groups excluding carboxylic acids is 1. The molecule has 0 unspecified atom stereocenters. The van der Waals surface area contributed by atoms with Crippen molar-refractivity contribution in [1.29, 1.82) is 0 Å². The third-order valence-electron chi connectivity index (χ3n) is 3.46. The van der Waals surface area contributed by atoms with E-state index in [1.807, 2.05) is 42.5 Å². The van der Waals surface area contributed by atoms with Gasteiger partial charge in [-0.15, -0.1) is 11.8 Å². The average molecular weight is 354 g/mol. The van der Waals surface area contributed by atoms with E-state index in [0.717, 1.165) is 22.1 Å². The van der Waals surface area contributed by atoms with E-state index in [4.69, 9.17) is 4.74 Å². The lowest BCUT2D eigenvalue weighted by Gasteiger charge is -2.03. The molecule has 0 fully saturated rings. The number of H-pyrrole nitrogens is 1. The molecule has 6 nitrogen and oxygen atoms in total. The van der Waals surface area contributed by atoms with Gasteiger partial charge in [-0.3, -0.25) is 9.89 Å². The molecule has 0 bridgehead atoms. The smallest absolute Gasteiger partial charge is 0.269 e. The second-order valence-electron chi connectivity index (χ2n) is 5.17. The molecule has 1 amide bonds. The first-order valence-electron chi connectivity index (χ1n) is 7.78. The summed E-state index contributed by atoms with van der Waals surface area (Å²) in [5.74, 6) is 1.32. The van der Waals surface area contributed by atoms with Crippen molar-refractivity contribution in [2.45, 2.75) is 5.03 Å². The number of aromatic nitrogens is 3. The fourth-order valence-corrected chi connectivity index (χ4v) is 2.94. The molecule has 0 radical (unpaired) electrons. The maximum Gasteiger partial charge on any atom is 0.269 e. The highest BCUT2D eigenvalue weighted by atomic mass is 32.2. The molecule has 0 atom stereocenters. The Hall–Kier alpha value is -2.80. The Morgan fingerprint density at radius 3 is 2.96 bits per heavy atom. The summed E-state index contributed by atoms with van der Waals surface area (Å²) < 4.78 is 5.21. The monoisotopic (exact) mass is 354 g/mol. The van der Waals surface area contributed by atoms with Crippen molar-refractivity contribution in [3.8, 4) is 17.0 Å². The van der Waals surface area contributed by atoms with Crippen LogP contribution >= 0.6 is 11.8 Å². The van der Waals surface area contributed by atoms with Crippen molar-refractivity contribution in [3.05, 3.63) is 60.4 Å². The van der Waals surface area contributed by atoms with E-state index in [-0.39, 0.29) is 5.91 Å². The topological polar surface area (TPSA) is 79.9 Å². The van der Waals surface area contributed by atoms with Crippen LogP contribution < -0.4 is 10.1 Å². The molecule has 3 rings (SSSR count). The minimum Gasteiger partial charge on any atom is -0.497 e. The number of rotatable bonds is 7. The van der Waals surface area contributed by atoms with Gasteiger partial charge in [-0.05, 0) is 30.3 Å². The van der Waals surface area contributed by atoms with Gasteiger partial charge in [0.15, 0.2) is 0 Å². The van der Waals surface area contributed by atoms with Crippen LogP contribution in [0, 0.1) is 0 Å². The third-order valence-corrected chi connectivity index (χ3v) is 4.41. The van der Waals surface area contributed by atoms with Gasteiger partial charge in [-0.25, -0.2) is 4.98 Å². The lowest BCUT2D eigenvalue weighted by atomic mass is 10.1. The van der Waals surface area contributed by atoms with Crippen molar-refractivity contribution < 1.29 is 9.53 Å². The van der Waals surface area contributed by atoms with E-state index in [2.05, 4.69) is 20.5 Å². The second-order valence-corrected chi connectivity index (χ2v) is 6.29. The van der Waals surface area contributed by atoms with Gasteiger partial charge < -0.3 is 10.1 Å². The molecule has 0 spiro atoms. The number of benzene rings is 1. The zero-order chi connectivity index (χ0) is 17.5. The second kappa shape index (κ2) is 8.34. The summed E-state index contributed by atoms with van der Waals surface area (Å²) in [7, 11) is 1.62. The van der Waals surface area contributed by atoms with Gasteiger partial charge in [0.25, 0.3) is 5.91 Å². The highest BCUT2D eigenvalue weighted by Crippen LogP contribution is 2.22. The molecule has 1 aromatic carbocycles. The SMILES string of the molecule is COc1cccc(-c2cc(C(=O)NCCSc3ccccn3)[nH]n2)c1. The van der Waals surface area contributed by atoms with Crippen LogP contribution in [-0.4, -0.2) is 40.5 Å². The number of ether oxygens (including phenoxy) is 1. The maximum atomic E-state index is 12.2. The lowest BCUT2D eigenvalue weighted by molar-refractivity contribution is 0.0951. The van der Waals surface area contributed by atoms with E-state index in [1.54, 1.807) is 31.1 Å². The Kier molecular flexibility index (Phi) is 5.69. The average Bonchev–Trinajstić information content (AvgIpc) is 3.16. The van der Waals surface area contributed by atoms with Crippen LogP contribution in [0.25, 0.3) is 11.3 Å². The van der Waals surface area contributed by atoms with E-state index >= 15 is 0 Å². The number of nitrogens with one attached hydrogen (secondary N) is 2. The lowest BCUT2D eigenvalue weighted by Crippen LogP contribution is -2.26. The van der Waals surface area contributed by atoms with Gasteiger partial charge in [0, 0.05) is 24.1 Å². The molecule has 0 saturated carbocycles. The Balaban J connectivity index is 1.53. The number of nitrogens with zero attached hydrogens (tertiary/aromatic N) is 2. The van der Waals surface area contributed by atoms with Gasteiger partial charge in [0.1, 0.15) is 11.4 Å². The van der Waals surface area contributed by atoms with Gasteiger partial charge in [-0.2, -0.15) is 5.10 Å². The van der Waals surface area contributed by atoms with Crippen LogP contribution in [0.5, 0.6) is 5.75 Å². The first-order valence-corrected chi connectivity index (χ1v) is 8.76. The van der Waals surface area contributed by atoms with E-state index in [9.17, 15) is 4.79 Å². The maximum absolute atomic E-state index is 12.2. The van der Waals surface area contributed by atoms with Crippen LogP contribution in [0.4, 0.5) is 0 Å². The molecule has 2 heterocycles. The minimum atomic E-state index is -0.178. The zero-order valence-electron chi connectivity index (χ0n) is 13.7. The Labute approximate surface area is 150 Å². The summed E-state index contributed by atoms with van der Waals surface area (Å²) in [5.41, 5.74) is 2.02. The quantitative estimate of drug-likeness (QED) is 0.504. The molecule has 0 aliphatic rings. The normalized spacial score (nSPS) is 10.4. The first-order chi connectivity index (χ1) is 12.3. The van der Waals surface area contributed by atoms with Gasteiger partial charge >= 0.3 is 0 Å². The summed E-state index contributed by atoms with van der Waals surface area (Å²) in [6.07, 6.45) is 1.76. The molecule has 128 valence electrons. The van der Waals surface area contributed by atoms with Crippen LogP contribution in [0.2, 0.25) is 0 Å². The number of aromatic amines is 1. The first kappa shape index (κ1) is 17.0. The molecule has 7 heteroatoms. The van der Waals surface area contributed by atoms with E-state index in [0.29, 0.717) is 17.9 Å². The van der Waals surface area contributed by atoms with Crippen LogP contribution in [0.3, 0.4) is 0 Å². The Morgan fingerprint density at radius 1 is 1.24 bits per heavy atom. The Bertz CT molecular complexity index is 836. The van der Waals surface area contributed by atoms with Gasteiger partial charge in [0.05, 0.1) is 17.8 Å². The highest BCUT2D eigenvalue weighted by molar-refractivity contribution is 7.99. The zero-order valence-corrected chi connectivity index (χ0v) is 14.5. The molecule has 0 aliphatic heterocycles. The van der Waals surface area contributed by atoms with Crippen molar-refractivity contribution >= 4 is 17.7 Å². The molecular weight excluding hydrogens is 336 g/mol. The minimum absolute atomic E-state index is 0.178. The summed E-state index contributed by atoms with van der Waals surface area (Å²) in [6, 6.07) is 15.0. The van der Waals surface area contributed by atoms with E-state index < -0.39 is 0 Å². The Morgan fingerprint density at radius 2 is 2.16 bits per heavy atom. The fraction of sp³-hybridized carbons (Fsp3) is 0.167. The number of methoxy groups -OCH3 is 1. The number of pyridine rings is 1. The number of hydrogen-bond acceptors (Lipinski definition) is 5. The van der Waals surface area contributed by atoms with Crippen molar-refractivity contribution in [1.82, 2.24) is 20.5 Å². The highest BCUT2D eigenvalue weighted by Gasteiger charge is 2.11. The molecule has 2 N–H and O–H groups in total. The summed E-state index contributed by atoms with van der Waals surface area (Å²) in [4.78, 5) is 16.4. The third kappa shape index (κ3) is 4.60. The molecule has 3 aromatic rings. The molecule has 0 saturated heterocycles. The summed E-state index contributed by atoms with van der Waals surface area (Å²) in [5, 5.41) is 10.8. The van der Waals surface area contributed by atoms with Gasteiger partial charge in [0.2, 0.25) is 0 Å². The number of hydrogen-bond donors (Lipinski definition) is 2. The van der Waals surface area contributed by atoms with Crippen LogP contribution in [0.1, 0.15) is 10.5 Å². The summed E-state index contributed by atoms with van der Waals surface area (Å²) >= 11 is 1.60. The predicted molar refractivity (Wildman–Crippen MR) is 97.9 cm³/mol. The van der Waals surface area contributed by atoms with Crippen molar-refractivity contribution in [2.24, 2.45) is 0 Å². The van der Waals surface area contributed by atoms with Gasteiger partial charge in [-0.1, -0.05) is 18.2 Å². The molecular formula is C18H18N4O2S. The number of carbonyl (C=O) groups is 1. The largest absolute Gasteiger partial charge is 0.497 e. The number of amides is 1. The van der Waals surface area contributed by atoms with E-state index in [1.165, 1.54) is 0 Å². The number of thioether (sulfide) groups is 1. The standard InChI is InChI=1S/C18H18N4O2S/c1-24-14-6-4-5-13(11-14)15-12-16(22-21-15)18(23)20-9-10-25-17-7-2-3-8-19-17/h2-8,11-12H,9-10H2,1H3,(H,20,23)(H,21,22). The molecule has 25 heavy (non-hydrogen) atoms. The predicted octanol–water partition coefficient (Wildman–Crippen LogP) is 3.00. The summed E-state index contributed by atoms with van der Waals surface area (Å²) in [6.45, 7) is 0.549. The van der Waals surface area contributed by atoms with Crippen LogP contribution in [0.15, 0.2) is 59.8 Å². The van der Waals surface area contributed by atoms with Crippen molar-refractivity contribution in [3.63, 3.8) is 0 Å². The fourth-order valence-electron chi connectivity index (χ4n) is 2.22. The molecule has 0 aliphatic carbocycles. The molecule has 2 aromatic heterocycles.